The molecule has 2 N–H and O–H groups in total. The molecule has 20 heavy (non-hydrogen) atoms. The van der Waals surface area contributed by atoms with Gasteiger partial charge < -0.3 is 5.73 Å². The monoisotopic (exact) mass is 336 g/mol. The van der Waals surface area contributed by atoms with Crippen molar-refractivity contribution in [2.45, 2.75) is 31.1 Å². The number of hydrogen-bond acceptors (Lipinski definition) is 3. The van der Waals surface area contributed by atoms with Crippen LogP contribution in [0.25, 0.3) is 0 Å². The van der Waals surface area contributed by atoms with Crippen molar-refractivity contribution in [3.63, 3.8) is 0 Å². The molecule has 7 heteroatoms. The van der Waals surface area contributed by atoms with Crippen LogP contribution in [0.15, 0.2) is 17.0 Å². The van der Waals surface area contributed by atoms with Crippen molar-refractivity contribution in [1.82, 2.24) is 4.31 Å². The molecule has 1 unspecified atom stereocenters. The highest BCUT2D eigenvalue weighted by Crippen LogP contribution is 2.34. The lowest BCUT2D eigenvalue weighted by atomic mass is 10.0. The molecule has 0 aromatic heterocycles. The summed E-state index contributed by atoms with van der Waals surface area (Å²) in [5.41, 5.74) is 5.97. The first-order valence-electron chi connectivity index (χ1n) is 6.57. The van der Waals surface area contributed by atoms with Crippen molar-refractivity contribution in [3.05, 3.63) is 22.2 Å². The predicted octanol–water partition coefficient (Wildman–Crippen LogP) is 3.39. The second-order valence-corrected chi connectivity index (χ2v) is 7.94. The Balaban J connectivity index is 2.40. The van der Waals surface area contributed by atoms with E-state index in [1.165, 1.54) is 16.4 Å². The van der Waals surface area contributed by atoms with Crippen LogP contribution in [0, 0.1) is 5.92 Å². The van der Waals surface area contributed by atoms with Crippen molar-refractivity contribution in [1.29, 1.82) is 0 Å². The summed E-state index contributed by atoms with van der Waals surface area (Å²) in [7, 11) is -3.67. The third-order valence-corrected chi connectivity index (χ3v) is 6.42. The minimum atomic E-state index is -3.67. The zero-order valence-corrected chi connectivity index (χ0v) is 13.6. The first-order valence-corrected chi connectivity index (χ1v) is 8.76. The fourth-order valence-corrected chi connectivity index (χ4v) is 5.11. The molecule has 1 saturated heterocycles. The second-order valence-electron chi connectivity index (χ2n) is 5.25. The highest BCUT2D eigenvalue weighted by Gasteiger charge is 2.30. The standard InChI is InChI=1S/C13H18Cl2N2O2S/c1-9-3-2-5-17(6-4-9)20(18,19)13-11(14)7-10(16)8-12(13)15/h7-9H,2-6,16H2,1H3. The maximum Gasteiger partial charge on any atom is 0.246 e. The molecule has 1 atom stereocenters. The van der Waals surface area contributed by atoms with Gasteiger partial charge in [-0.2, -0.15) is 4.31 Å². The van der Waals surface area contributed by atoms with Crippen molar-refractivity contribution in [2.24, 2.45) is 5.92 Å². The minimum Gasteiger partial charge on any atom is -0.399 e. The number of rotatable bonds is 2. The van der Waals surface area contributed by atoms with Gasteiger partial charge in [0.15, 0.2) is 0 Å². The van der Waals surface area contributed by atoms with Gasteiger partial charge in [-0.25, -0.2) is 8.42 Å². The van der Waals surface area contributed by atoms with E-state index in [-0.39, 0.29) is 14.9 Å². The Kier molecular flexibility index (Phi) is 4.84. The molecule has 1 aromatic carbocycles. The molecule has 0 bridgehead atoms. The Morgan fingerprint density at radius 1 is 1.20 bits per heavy atom. The molecule has 1 aromatic rings. The van der Waals surface area contributed by atoms with E-state index in [1.54, 1.807) is 0 Å². The molecule has 0 amide bonds. The molecule has 1 heterocycles. The van der Waals surface area contributed by atoms with E-state index < -0.39 is 10.0 Å². The molecular formula is C13H18Cl2N2O2S. The van der Waals surface area contributed by atoms with Crippen LogP contribution in [0.3, 0.4) is 0 Å². The van der Waals surface area contributed by atoms with Crippen molar-refractivity contribution < 1.29 is 8.42 Å². The van der Waals surface area contributed by atoms with E-state index >= 15 is 0 Å². The van der Waals surface area contributed by atoms with Gasteiger partial charge in [-0.3, -0.25) is 0 Å². The van der Waals surface area contributed by atoms with Crippen molar-refractivity contribution >= 4 is 38.9 Å². The molecule has 2 rings (SSSR count). The smallest absolute Gasteiger partial charge is 0.246 e. The quantitative estimate of drug-likeness (QED) is 0.842. The van der Waals surface area contributed by atoms with E-state index in [4.69, 9.17) is 28.9 Å². The summed E-state index contributed by atoms with van der Waals surface area (Å²) in [6, 6.07) is 2.83. The molecule has 0 aliphatic carbocycles. The van der Waals surface area contributed by atoms with Gasteiger partial charge in [0.25, 0.3) is 0 Å². The summed E-state index contributed by atoms with van der Waals surface area (Å²) in [6.45, 7) is 3.14. The van der Waals surface area contributed by atoms with Gasteiger partial charge in [0.2, 0.25) is 10.0 Å². The molecule has 4 nitrogen and oxygen atoms in total. The molecule has 1 aliphatic heterocycles. The summed E-state index contributed by atoms with van der Waals surface area (Å²) in [4.78, 5) is -0.0374. The molecule has 112 valence electrons. The minimum absolute atomic E-state index is 0.0374. The van der Waals surface area contributed by atoms with E-state index in [2.05, 4.69) is 6.92 Å². The predicted molar refractivity (Wildman–Crippen MR) is 82.6 cm³/mol. The van der Waals surface area contributed by atoms with Gasteiger partial charge in [-0.1, -0.05) is 30.1 Å². The largest absolute Gasteiger partial charge is 0.399 e. The number of hydrogen-bond donors (Lipinski definition) is 1. The third-order valence-electron chi connectivity index (χ3n) is 3.59. The molecular weight excluding hydrogens is 319 g/mol. The normalized spacial score (nSPS) is 21.6. The SMILES string of the molecule is CC1CCCN(S(=O)(=O)c2c(Cl)cc(N)cc2Cl)CC1. The Hall–Kier alpha value is -0.490. The highest BCUT2D eigenvalue weighted by atomic mass is 35.5. The molecule has 0 radical (unpaired) electrons. The summed E-state index contributed by atoms with van der Waals surface area (Å²) in [5.74, 6) is 0.535. The zero-order valence-electron chi connectivity index (χ0n) is 11.3. The number of benzene rings is 1. The van der Waals surface area contributed by atoms with Crippen LogP contribution in [-0.2, 0) is 10.0 Å². The summed E-state index contributed by atoms with van der Waals surface area (Å²) in [6.07, 6.45) is 2.74. The zero-order chi connectivity index (χ0) is 14.9. The lowest BCUT2D eigenvalue weighted by Crippen LogP contribution is -2.32. The van der Waals surface area contributed by atoms with E-state index in [9.17, 15) is 8.42 Å². The van der Waals surface area contributed by atoms with Crippen LogP contribution in [-0.4, -0.2) is 25.8 Å². The summed E-state index contributed by atoms with van der Waals surface area (Å²) in [5, 5.41) is 0.152. The van der Waals surface area contributed by atoms with Gasteiger partial charge in [0.1, 0.15) is 4.90 Å². The van der Waals surface area contributed by atoms with Crippen LogP contribution in [0.4, 0.5) is 5.69 Å². The third kappa shape index (κ3) is 3.22. The van der Waals surface area contributed by atoms with Gasteiger partial charge in [0, 0.05) is 18.8 Å². The Morgan fingerprint density at radius 3 is 2.40 bits per heavy atom. The fraction of sp³-hybridized carbons (Fsp3) is 0.538. The highest BCUT2D eigenvalue weighted by molar-refractivity contribution is 7.89. The van der Waals surface area contributed by atoms with Crippen molar-refractivity contribution in [2.75, 3.05) is 18.8 Å². The molecule has 1 aliphatic rings. The van der Waals surface area contributed by atoms with Gasteiger partial charge in [-0.05, 0) is 37.3 Å². The Bertz CT molecular complexity index is 581. The maximum absolute atomic E-state index is 12.7. The summed E-state index contributed by atoms with van der Waals surface area (Å²) < 4.78 is 26.9. The Morgan fingerprint density at radius 2 is 1.80 bits per heavy atom. The average Bonchev–Trinajstić information content (AvgIpc) is 2.52. The van der Waals surface area contributed by atoms with Crippen LogP contribution in [0.1, 0.15) is 26.2 Å². The Labute approximate surface area is 129 Å². The number of anilines is 1. The average molecular weight is 337 g/mol. The molecule has 0 spiro atoms. The van der Waals surface area contributed by atoms with E-state index in [0.29, 0.717) is 24.7 Å². The number of nitrogens with two attached hydrogens (primary N) is 1. The number of sulfonamides is 1. The van der Waals surface area contributed by atoms with Gasteiger partial charge >= 0.3 is 0 Å². The number of nitrogens with zero attached hydrogens (tertiary/aromatic N) is 1. The first-order chi connectivity index (χ1) is 9.32. The fourth-order valence-electron chi connectivity index (χ4n) is 2.43. The second kappa shape index (κ2) is 6.10. The van der Waals surface area contributed by atoms with Crippen LogP contribution in [0.2, 0.25) is 10.0 Å². The van der Waals surface area contributed by atoms with E-state index in [0.717, 1.165) is 19.3 Å². The topological polar surface area (TPSA) is 63.4 Å². The lowest BCUT2D eigenvalue weighted by Gasteiger charge is -2.21. The number of nitrogen functional groups attached to an aromatic ring is 1. The maximum atomic E-state index is 12.7. The molecule has 1 fully saturated rings. The van der Waals surface area contributed by atoms with Gasteiger partial charge in [0.05, 0.1) is 10.0 Å². The lowest BCUT2D eigenvalue weighted by molar-refractivity contribution is 0.417. The summed E-state index contributed by atoms with van der Waals surface area (Å²) >= 11 is 12.1. The van der Waals surface area contributed by atoms with Crippen LogP contribution >= 0.6 is 23.2 Å². The number of halogens is 2. The van der Waals surface area contributed by atoms with Crippen LogP contribution in [0.5, 0.6) is 0 Å². The molecule has 0 saturated carbocycles. The van der Waals surface area contributed by atoms with Gasteiger partial charge in [-0.15, -0.1) is 0 Å². The van der Waals surface area contributed by atoms with Crippen molar-refractivity contribution in [3.8, 4) is 0 Å². The van der Waals surface area contributed by atoms with E-state index in [1.807, 2.05) is 0 Å². The van der Waals surface area contributed by atoms with Crippen LogP contribution < -0.4 is 5.73 Å². The first kappa shape index (κ1) is 15.9.